The lowest BCUT2D eigenvalue weighted by Gasteiger charge is -2.25. The van der Waals surface area contributed by atoms with E-state index in [0.717, 1.165) is 5.56 Å². The Bertz CT molecular complexity index is 1430. The van der Waals surface area contributed by atoms with Gasteiger partial charge < -0.3 is 15.2 Å². The van der Waals surface area contributed by atoms with Crippen molar-refractivity contribution < 1.29 is 14.3 Å². The number of nitrogens with zero attached hydrogens (tertiary/aromatic N) is 3. The van der Waals surface area contributed by atoms with E-state index in [1.54, 1.807) is 48.8 Å². The topological polar surface area (TPSA) is 133 Å². The third kappa shape index (κ3) is 5.50. The number of pyridine rings is 1. The molecular weight excluding hydrogens is 462 g/mol. The van der Waals surface area contributed by atoms with Gasteiger partial charge in [-0.1, -0.05) is 30.3 Å². The third-order valence-corrected chi connectivity index (χ3v) is 5.40. The summed E-state index contributed by atoms with van der Waals surface area (Å²) in [6, 6.07) is 19.2. The molecule has 0 atom stereocenters. The van der Waals surface area contributed by atoms with Gasteiger partial charge in [0, 0.05) is 18.9 Å². The minimum atomic E-state index is -0.757. The number of ether oxygens (including phenoxy) is 2. The van der Waals surface area contributed by atoms with Gasteiger partial charge in [-0.2, -0.15) is 0 Å². The number of rotatable bonds is 9. The number of H-pyrrole nitrogens is 1. The van der Waals surface area contributed by atoms with Gasteiger partial charge in [-0.05, 0) is 42.0 Å². The first-order valence-electron chi connectivity index (χ1n) is 11.1. The number of aromatic nitrogens is 3. The number of carbonyl (C=O) groups excluding carboxylic acids is 1. The molecule has 0 bridgehead atoms. The molecule has 36 heavy (non-hydrogen) atoms. The van der Waals surface area contributed by atoms with Crippen molar-refractivity contribution >= 4 is 17.4 Å². The second kappa shape index (κ2) is 11.2. The van der Waals surface area contributed by atoms with Crippen LogP contribution in [0, 0.1) is 0 Å². The minimum absolute atomic E-state index is 0.0589. The fourth-order valence-corrected chi connectivity index (χ4v) is 3.63. The Labute approximate surface area is 206 Å². The Balaban J connectivity index is 1.72. The van der Waals surface area contributed by atoms with Crippen LogP contribution in [0.4, 0.5) is 11.5 Å². The summed E-state index contributed by atoms with van der Waals surface area (Å²) in [4.78, 5) is 46.5. The smallest absolute Gasteiger partial charge is 0.330 e. The number of nitrogens with one attached hydrogen (secondary N) is 1. The van der Waals surface area contributed by atoms with E-state index in [0.29, 0.717) is 17.1 Å². The molecule has 10 heteroatoms. The summed E-state index contributed by atoms with van der Waals surface area (Å²) in [6.07, 6.45) is 3.22. The third-order valence-electron chi connectivity index (χ3n) is 5.40. The highest BCUT2D eigenvalue weighted by molar-refractivity contribution is 6.07. The van der Waals surface area contributed by atoms with Crippen LogP contribution in [0.25, 0.3) is 0 Å². The predicted molar refractivity (Wildman–Crippen MR) is 135 cm³/mol. The average Bonchev–Trinajstić information content (AvgIpc) is 2.89. The van der Waals surface area contributed by atoms with E-state index in [9.17, 15) is 14.4 Å². The number of methoxy groups -OCH3 is 1. The molecule has 0 saturated carbocycles. The van der Waals surface area contributed by atoms with Crippen molar-refractivity contribution in [1.29, 1.82) is 0 Å². The molecule has 2 aromatic heterocycles. The van der Waals surface area contributed by atoms with Crippen molar-refractivity contribution in [3.05, 3.63) is 111 Å². The molecule has 2 heterocycles. The van der Waals surface area contributed by atoms with Gasteiger partial charge in [0.15, 0.2) is 5.69 Å². The largest absolute Gasteiger partial charge is 0.456 e. The van der Waals surface area contributed by atoms with Crippen LogP contribution in [-0.4, -0.2) is 34.2 Å². The SMILES string of the molecule is COCCn1c(N)c(N(Cc2ccccc2)C(=O)c2ccc(Oc3cccnc3)cc2)c(=O)[nH]c1=O. The molecule has 184 valence electrons. The van der Waals surface area contributed by atoms with Gasteiger partial charge in [-0.15, -0.1) is 0 Å². The Morgan fingerprint density at radius 1 is 1.03 bits per heavy atom. The van der Waals surface area contributed by atoms with Crippen molar-refractivity contribution in [1.82, 2.24) is 14.5 Å². The zero-order valence-corrected chi connectivity index (χ0v) is 19.6. The van der Waals surface area contributed by atoms with Gasteiger partial charge in [0.05, 0.1) is 25.9 Å². The second-order valence-corrected chi connectivity index (χ2v) is 7.83. The van der Waals surface area contributed by atoms with Gasteiger partial charge in [0.1, 0.15) is 17.3 Å². The standard InChI is InChI=1S/C26H25N5O5/c1-35-15-14-30-23(27)22(24(32)29-26(30)34)31(17-18-6-3-2-4-7-18)25(33)19-9-11-20(12-10-19)36-21-8-5-13-28-16-21/h2-13,16H,14-15,17,27H2,1H3,(H,29,32,34). The molecule has 0 aliphatic rings. The normalized spacial score (nSPS) is 10.7. The second-order valence-electron chi connectivity index (χ2n) is 7.83. The number of nitrogens with two attached hydrogens (primary N) is 1. The maximum atomic E-state index is 13.7. The van der Waals surface area contributed by atoms with Crippen molar-refractivity contribution in [3.8, 4) is 11.5 Å². The molecule has 4 rings (SSSR count). The molecule has 0 aliphatic carbocycles. The first-order chi connectivity index (χ1) is 17.5. The number of carbonyl (C=O) groups is 1. The molecule has 2 aromatic carbocycles. The lowest BCUT2D eigenvalue weighted by molar-refractivity contribution is 0.0984. The van der Waals surface area contributed by atoms with Crippen LogP contribution in [0.2, 0.25) is 0 Å². The van der Waals surface area contributed by atoms with Crippen LogP contribution in [0.5, 0.6) is 11.5 Å². The molecular formula is C26H25N5O5. The van der Waals surface area contributed by atoms with Crippen molar-refractivity contribution in [2.75, 3.05) is 24.4 Å². The zero-order chi connectivity index (χ0) is 25.5. The molecule has 10 nitrogen and oxygen atoms in total. The van der Waals surface area contributed by atoms with Crippen LogP contribution in [0.1, 0.15) is 15.9 Å². The fourth-order valence-electron chi connectivity index (χ4n) is 3.63. The monoisotopic (exact) mass is 487 g/mol. The molecule has 3 N–H and O–H groups in total. The number of aromatic amines is 1. The summed E-state index contributed by atoms with van der Waals surface area (Å²) in [5.74, 6) is 0.474. The van der Waals surface area contributed by atoms with E-state index in [-0.39, 0.29) is 31.2 Å². The number of hydrogen-bond acceptors (Lipinski definition) is 7. The molecule has 0 spiro atoms. The maximum absolute atomic E-state index is 13.7. The first kappa shape index (κ1) is 24.4. The van der Waals surface area contributed by atoms with E-state index in [1.807, 2.05) is 30.3 Å². The molecule has 1 amide bonds. The Morgan fingerprint density at radius 3 is 2.44 bits per heavy atom. The van der Waals surface area contributed by atoms with Gasteiger partial charge in [-0.25, -0.2) is 4.79 Å². The highest BCUT2D eigenvalue weighted by atomic mass is 16.5. The number of nitrogen functional groups attached to an aromatic ring is 1. The van der Waals surface area contributed by atoms with Crippen LogP contribution < -0.4 is 26.6 Å². The summed E-state index contributed by atoms with van der Waals surface area (Å²) in [5, 5.41) is 0. The zero-order valence-electron chi connectivity index (χ0n) is 19.6. The summed E-state index contributed by atoms with van der Waals surface area (Å²) in [5.41, 5.74) is 5.80. The maximum Gasteiger partial charge on any atom is 0.330 e. The van der Waals surface area contributed by atoms with Crippen LogP contribution in [0.15, 0.2) is 88.7 Å². The lowest BCUT2D eigenvalue weighted by Crippen LogP contribution is -2.41. The average molecular weight is 488 g/mol. The van der Waals surface area contributed by atoms with Crippen LogP contribution in [-0.2, 0) is 17.8 Å². The van der Waals surface area contributed by atoms with Crippen LogP contribution in [0.3, 0.4) is 0 Å². The summed E-state index contributed by atoms with van der Waals surface area (Å²) in [6.45, 7) is 0.364. The summed E-state index contributed by atoms with van der Waals surface area (Å²) < 4.78 is 12.0. The first-order valence-corrected chi connectivity index (χ1v) is 11.1. The lowest BCUT2D eigenvalue weighted by atomic mass is 10.1. The molecule has 0 fully saturated rings. The molecule has 0 radical (unpaired) electrons. The van der Waals surface area contributed by atoms with Crippen molar-refractivity contribution in [3.63, 3.8) is 0 Å². The van der Waals surface area contributed by atoms with Gasteiger partial charge in [0.25, 0.3) is 11.5 Å². The molecule has 4 aromatic rings. The fraction of sp³-hybridized carbons (Fsp3) is 0.154. The summed E-state index contributed by atoms with van der Waals surface area (Å²) in [7, 11) is 1.49. The Kier molecular flexibility index (Phi) is 7.57. The minimum Gasteiger partial charge on any atom is -0.456 e. The highest BCUT2D eigenvalue weighted by Crippen LogP contribution is 2.25. The van der Waals surface area contributed by atoms with E-state index in [4.69, 9.17) is 15.2 Å². The number of anilines is 2. The number of amides is 1. The van der Waals surface area contributed by atoms with E-state index >= 15 is 0 Å². The van der Waals surface area contributed by atoms with Gasteiger partial charge in [0.2, 0.25) is 0 Å². The summed E-state index contributed by atoms with van der Waals surface area (Å²) >= 11 is 0. The van der Waals surface area contributed by atoms with Crippen molar-refractivity contribution in [2.24, 2.45) is 0 Å². The quantitative estimate of drug-likeness (QED) is 0.371. The van der Waals surface area contributed by atoms with Crippen molar-refractivity contribution in [2.45, 2.75) is 13.1 Å². The molecule has 0 unspecified atom stereocenters. The molecule has 0 saturated heterocycles. The van der Waals surface area contributed by atoms with E-state index in [2.05, 4.69) is 9.97 Å². The van der Waals surface area contributed by atoms with Gasteiger partial charge >= 0.3 is 5.69 Å². The van der Waals surface area contributed by atoms with Crippen LogP contribution >= 0.6 is 0 Å². The number of hydrogen-bond donors (Lipinski definition) is 2. The van der Waals surface area contributed by atoms with Gasteiger partial charge in [-0.3, -0.25) is 29.0 Å². The highest BCUT2D eigenvalue weighted by Gasteiger charge is 2.25. The Morgan fingerprint density at radius 2 is 1.78 bits per heavy atom. The number of benzene rings is 2. The molecule has 0 aliphatic heterocycles. The predicted octanol–water partition coefficient (Wildman–Crippen LogP) is 2.80. The Hall–Kier alpha value is -4.70. The van der Waals surface area contributed by atoms with E-state index < -0.39 is 17.2 Å². The van der Waals surface area contributed by atoms with E-state index in [1.165, 1.54) is 16.6 Å².